The molecule has 1 unspecified atom stereocenters. The number of amides is 1. The zero-order valence-corrected chi connectivity index (χ0v) is 17.8. The molecule has 4 nitrogen and oxygen atoms in total. The number of piperidine rings is 1. The van der Waals surface area contributed by atoms with Gasteiger partial charge in [-0.3, -0.25) is 9.78 Å². The lowest BCUT2D eigenvalue weighted by Gasteiger charge is -2.39. The Bertz CT molecular complexity index is 818. The molecule has 154 valence electrons. The molecule has 2 fully saturated rings. The van der Waals surface area contributed by atoms with Gasteiger partial charge in [0.25, 0.3) is 0 Å². The average Bonchev–Trinajstić information content (AvgIpc) is 3.15. The van der Waals surface area contributed by atoms with Gasteiger partial charge in [0.15, 0.2) is 0 Å². The lowest BCUT2D eigenvalue weighted by molar-refractivity contribution is -0.146. The van der Waals surface area contributed by atoms with Gasteiger partial charge in [-0.05, 0) is 55.0 Å². The monoisotopic (exact) mass is 391 g/mol. The van der Waals surface area contributed by atoms with Crippen LogP contribution in [0.3, 0.4) is 0 Å². The summed E-state index contributed by atoms with van der Waals surface area (Å²) in [6, 6.07) is 14.9. The first-order valence-corrected chi connectivity index (χ1v) is 11.1. The first-order valence-electron chi connectivity index (χ1n) is 11.1. The summed E-state index contributed by atoms with van der Waals surface area (Å²) in [4.78, 5) is 22.4. The van der Waals surface area contributed by atoms with E-state index in [0.29, 0.717) is 11.8 Å². The zero-order chi connectivity index (χ0) is 20.3. The van der Waals surface area contributed by atoms with Gasteiger partial charge >= 0.3 is 0 Å². The second kappa shape index (κ2) is 8.66. The van der Waals surface area contributed by atoms with Gasteiger partial charge < -0.3 is 9.80 Å². The van der Waals surface area contributed by atoms with Gasteiger partial charge in [0.1, 0.15) is 0 Å². The highest BCUT2D eigenvalue weighted by Gasteiger charge is 2.47. The van der Waals surface area contributed by atoms with Gasteiger partial charge in [0.05, 0.1) is 5.41 Å². The van der Waals surface area contributed by atoms with Crippen molar-refractivity contribution in [3.8, 4) is 0 Å². The van der Waals surface area contributed by atoms with E-state index >= 15 is 0 Å². The number of benzene rings is 1. The molecule has 1 aromatic carbocycles. The lowest BCUT2D eigenvalue weighted by atomic mass is 9.78. The Morgan fingerprint density at radius 3 is 2.62 bits per heavy atom. The number of pyridine rings is 1. The fraction of sp³-hybridized carbons (Fsp3) is 0.520. The Labute approximate surface area is 174 Å². The van der Waals surface area contributed by atoms with E-state index in [4.69, 9.17) is 0 Å². The summed E-state index contributed by atoms with van der Waals surface area (Å²) in [6.45, 7) is 8.98. The van der Waals surface area contributed by atoms with Gasteiger partial charge in [-0.2, -0.15) is 0 Å². The molecule has 2 aromatic rings. The highest BCUT2D eigenvalue weighted by Crippen LogP contribution is 2.40. The predicted octanol–water partition coefficient (Wildman–Crippen LogP) is 4.26. The van der Waals surface area contributed by atoms with Crippen molar-refractivity contribution in [2.75, 3.05) is 26.2 Å². The molecule has 1 aromatic heterocycles. The van der Waals surface area contributed by atoms with Crippen LogP contribution < -0.4 is 0 Å². The molecule has 1 atom stereocenters. The van der Waals surface area contributed by atoms with Crippen LogP contribution in [0.4, 0.5) is 0 Å². The first-order chi connectivity index (χ1) is 14.1. The maximum Gasteiger partial charge on any atom is 0.230 e. The number of carbonyl (C=O) groups excluding carboxylic acids is 1. The Hall–Kier alpha value is -2.20. The van der Waals surface area contributed by atoms with Crippen molar-refractivity contribution in [1.29, 1.82) is 0 Å². The molecule has 4 heteroatoms. The largest absolute Gasteiger partial charge is 0.338 e. The van der Waals surface area contributed by atoms with Crippen LogP contribution in [-0.4, -0.2) is 46.9 Å². The summed E-state index contributed by atoms with van der Waals surface area (Å²) >= 11 is 0. The minimum Gasteiger partial charge on any atom is -0.338 e. The normalized spacial score (nSPS) is 22.7. The SMILES string of the molecule is CC(C)c1ccc(CN2CCCC3(CCN(CCc4ccccn4)C3)C2=O)cc1. The molecule has 29 heavy (non-hydrogen) atoms. The van der Waals surface area contributed by atoms with Crippen molar-refractivity contribution in [1.82, 2.24) is 14.8 Å². The fourth-order valence-corrected chi connectivity index (χ4v) is 4.88. The molecule has 2 aliphatic heterocycles. The Kier molecular flexibility index (Phi) is 6.00. The van der Waals surface area contributed by atoms with Crippen molar-refractivity contribution < 1.29 is 4.79 Å². The Morgan fingerprint density at radius 2 is 1.90 bits per heavy atom. The molecule has 0 N–H and O–H groups in total. The van der Waals surface area contributed by atoms with Gasteiger partial charge in [-0.15, -0.1) is 0 Å². The van der Waals surface area contributed by atoms with Crippen LogP contribution in [0.5, 0.6) is 0 Å². The third-order valence-corrected chi connectivity index (χ3v) is 6.69. The second-order valence-electron chi connectivity index (χ2n) is 9.10. The van der Waals surface area contributed by atoms with Crippen LogP contribution in [0.15, 0.2) is 48.7 Å². The average molecular weight is 392 g/mol. The third kappa shape index (κ3) is 4.53. The van der Waals surface area contributed by atoms with Crippen LogP contribution in [0, 0.1) is 5.41 Å². The van der Waals surface area contributed by atoms with E-state index in [1.54, 1.807) is 0 Å². The third-order valence-electron chi connectivity index (χ3n) is 6.69. The molecule has 4 rings (SSSR count). The summed E-state index contributed by atoms with van der Waals surface area (Å²) in [5.41, 5.74) is 3.56. The first kappa shape index (κ1) is 20.1. The molecule has 1 amide bonds. The minimum atomic E-state index is -0.166. The summed E-state index contributed by atoms with van der Waals surface area (Å²) in [5.74, 6) is 0.913. The van der Waals surface area contributed by atoms with Crippen molar-refractivity contribution in [3.63, 3.8) is 0 Å². The standard InChI is InChI=1S/C25H33N3O/c1-20(2)22-9-7-21(8-10-22)18-28-15-5-12-25(24(28)29)13-17-27(19-25)16-11-23-6-3-4-14-26-23/h3-4,6-10,14,20H,5,11-13,15-19H2,1-2H3. The highest BCUT2D eigenvalue weighted by atomic mass is 16.2. The smallest absolute Gasteiger partial charge is 0.230 e. The van der Waals surface area contributed by atoms with Gasteiger partial charge in [-0.1, -0.05) is 44.2 Å². The molecule has 1 spiro atoms. The minimum absolute atomic E-state index is 0.166. The van der Waals surface area contributed by atoms with E-state index in [1.165, 1.54) is 11.1 Å². The number of hydrogen-bond acceptors (Lipinski definition) is 3. The van der Waals surface area contributed by atoms with E-state index in [9.17, 15) is 4.79 Å². The van der Waals surface area contributed by atoms with Crippen LogP contribution in [0.2, 0.25) is 0 Å². The summed E-state index contributed by atoms with van der Waals surface area (Å²) in [5, 5.41) is 0. The highest BCUT2D eigenvalue weighted by molar-refractivity contribution is 5.84. The molecule has 2 aliphatic rings. The Balaban J connectivity index is 1.36. The number of rotatable bonds is 6. The molecular weight excluding hydrogens is 358 g/mol. The zero-order valence-electron chi connectivity index (χ0n) is 17.8. The van der Waals surface area contributed by atoms with Crippen LogP contribution >= 0.6 is 0 Å². The lowest BCUT2D eigenvalue weighted by Crippen LogP contribution is -2.49. The second-order valence-corrected chi connectivity index (χ2v) is 9.10. The summed E-state index contributed by atoms with van der Waals surface area (Å²) < 4.78 is 0. The van der Waals surface area contributed by atoms with Crippen molar-refractivity contribution >= 4 is 5.91 Å². The topological polar surface area (TPSA) is 36.4 Å². The molecule has 0 aliphatic carbocycles. The number of hydrogen-bond donors (Lipinski definition) is 0. The van der Waals surface area contributed by atoms with E-state index in [-0.39, 0.29) is 5.41 Å². The number of carbonyl (C=O) groups is 1. The quantitative estimate of drug-likeness (QED) is 0.738. The predicted molar refractivity (Wildman–Crippen MR) is 117 cm³/mol. The van der Waals surface area contributed by atoms with E-state index in [2.05, 4.69) is 59.0 Å². The van der Waals surface area contributed by atoms with Gasteiger partial charge in [-0.25, -0.2) is 0 Å². The van der Waals surface area contributed by atoms with E-state index in [0.717, 1.165) is 64.1 Å². The van der Waals surface area contributed by atoms with E-state index in [1.807, 2.05) is 18.3 Å². The fourth-order valence-electron chi connectivity index (χ4n) is 4.88. The van der Waals surface area contributed by atoms with Crippen LogP contribution in [-0.2, 0) is 17.8 Å². The molecule has 0 saturated carbocycles. The van der Waals surface area contributed by atoms with Crippen LogP contribution in [0.1, 0.15) is 55.8 Å². The summed E-state index contributed by atoms with van der Waals surface area (Å²) in [6.07, 6.45) is 5.96. The number of nitrogens with zero attached hydrogens (tertiary/aromatic N) is 3. The van der Waals surface area contributed by atoms with Gasteiger partial charge in [0.2, 0.25) is 5.91 Å². The van der Waals surface area contributed by atoms with E-state index < -0.39 is 0 Å². The number of likely N-dealkylation sites (tertiary alicyclic amines) is 2. The van der Waals surface area contributed by atoms with Crippen molar-refractivity contribution in [3.05, 3.63) is 65.5 Å². The maximum atomic E-state index is 13.4. The molecule has 2 saturated heterocycles. The van der Waals surface area contributed by atoms with Crippen molar-refractivity contribution in [2.45, 2.75) is 52.0 Å². The van der Waals surface area contributed by atoms with Crippen LogP contribution in [0.25, 0.3) is 0 Å². The maximum absolute atomic E-state index is 13.4. The van der Waals surface area contributed by atoms with Crippen molar-refractivity contribution in [2.24, 2.45) is 5.41 Å². The molecular formula is C25H33N3O. The number of aromatic nitrogens is 1. The van der Waals surface area contributed by atoms with Gasteiger partial charge in [0, 0.05) is 44.5 Å². The summed E-state index contributed by atoms with van der Waals surface area (Å²) in [7, 11) is 0. The molecule has 0 radical (unpaired) electrons. The Morgan fingerprint density at radius 1 is 1.07 bits per heavy atom. The molecule has 0 bridgehead atoms. The molecule has 3 heterocycles.